The summed E-state index contributed by atoms with van der Waals surface area (Å²) in [5.41, 5.74) is 3.69. The van der Waals surface area contributed by atoms with Crippen molar-refractivity contribution in [2.75, 3.05) is 19.6 Å². The first-order valence-corrected chi connectivity index (χ1v) is 10.7. The molecule has 2 heterocycles. The molecule has 5 heteroatoms. The van der Waals surface area contributed by atoms with Crippen molar-refractivity contribution in [2.24, 2.45) is 0 Å². The van der Waals surface area contributed by atoms with E-state index >= 15 is 0 Å². The van der Waals surface area contributed by atoms with E-state index < -0.39 is 0 Å². The molecule has 1 aromatic carbocycles. The quantitative estimate of drug-likeness (QED) is 0.627. The highest BCUT2D eigenvalue weighted by Crippen LogP contribution is 2.30. The van der Waals surface area contributed by atoms with Crippen LogP contribution in [-0.4, -0.2) is 29.7 Å². The van der Waals surface area contributed by atoms with Crippen LogP contribution in [0.25, 0.3) is 0 Å². The third-order valence-electron chi connectivity index (χ3n) is 6.17. The van der Waals surface area contributed by atoms with Gasteiger partial charge in [0.05, 0.1) is 10.7 Å². The maximum Gasteiger partial charge on any atom is 0.142 e. The fraction of sp³-hybridized carbons (Fsp3) is 0.591. The molecular formula is C22H28ClFN2O. The fourth-order valence-corrected chi connectivity index (χ4v) is 4.67. The average Bonchev–Trinajstić information content (AvgIpc) is 2.91. The molecule has 0 radical (unpaired) electrons. The van der Waals surface area contributed by atoms with Gasteiger partial charge in [-0.05, 0) is 88.2 Å². The number of aromatic nitrogens is 1. The van der Waals surface area contributed by atoms with E-state index in [2.05, 4.69) is 10.1 Å². The number of halogens is 2. The Hall–Kier alpha value is -1.39. The average molecular weight is 391 g/mol. The van der Waals surface area contributed by atoms with Gasteiger partial charge in [-0.1, -0.05) is 29.2 Å². The summed E-state index contributed by atoms with van der Waals surface area (Å²) in [4.78, 5) is 2.53. The van der Waals surface area contributed by atoms with Crippen molar-refractivity contribution in [3.63, 3.8) is 0 Å². The van der Waals surface area contributed by atoms with Crippen LogP contribution in [0.15, 0.2) is 22.7 Å². The molecule has 0 amide bonds. The lowest BCUT2D eigenvalue weighted by Crippen LogP contribution is -2.33. The first-order chi connectivity index (χ1) is 13.2. The Kier molecular flexibility index (Phi) is 6.14. The molecule has 0 spiro atoms. The lowest BCUT2D eigenvalue weighted by Gasteiger charge is -2.32. The van der Waals surface area contributed by atoms with Gasteiger partial charge in [-0.3, -0.25) is 0 Å². The van der Waals surface area contributed by atoms with E-state index in [0.717, 1.165) is 69.5 Å². The van der Waals surface area contributed by atoms with Crippen molar-refractivity contribution in [1.82, 2.24) is 10.1 Å². The summed E-state index contributed by atoms with van der Waals surface area (Å²) in [6.45, 7) is 3.24. The zero-order chi connectivity index (χ0) is 18.6. The monoisotopic (exact) mass is 390 g/mol. The van der Waals surface area contributed by atoms with Crippen LogP contribution < -0.4 is 0 Å². The number of fused-ring (bicyclic) bond motifs is 1. The van der Waals surface area contributed by atoms with Crippen molar-refractivity contribution in [2.45, 2.75) is 63.7 Å². The number of hydrogen-bond acceptors (Lipinski definition) is 3. The Labute approximate surface area is 165 Å². The highest BCUT2D eigenvalue weighted by Gasteiger charge is 2.22. The second-order valence-electron chi connectivity index (χ2n) is 7.98. The Morgan fingerprint density at radius 3 is 2.78 bits per heavy atom. The van der Waals surface area contributed by atoms with Crippen molar-refractivity contribution in [3.05, 3.63) is 51.6 Å². The van der Waals surface area contributed by atoms with Crippen LogP contribution in [-0.2, 0) is 19.3 Å². The van der Waals surface area contributed by atoms with Crippen LogP contribution in [0.5, 0.6) is 0 Å². The van der Waals surface area contributed by atoms with Crippen molar-refractivity contribution in [3.8, 4) is 0 Å². The molecule has 146 valence electrons. The summed E-state index contributed by atoms with van der Waals surface area (Å²) in [5, 5.41) is 4.52. The van der Waals surface area contributed by atoms with E-state index in [4.69, 9.17) is 16.1 Å². The lowest BCUT2D eigenvalue weighted by atomic mass is 9.89. The molecule has 1 aliphatic heterocycles. The standard InChI is InChI=1S/C22H28ClFN2O/c23-19-9-8-17(15-20(19)24)16-10-13-26(14-11-16)12-4-7-22-18-5-2-1-3-6-21(18)25-27-22/h8-9,15-16H,1-7,10-14H2. The molecule has 0 bridgehead atoms. The van der Waals surface area contributed by atoms with E-state index in [1.165, 1.54) is 30.5 Å². The van der Waals surface area contributed by atoms with Crippen LogP contribution in [0.2, 0.25) is 5.02 Å². The molecule has 2 aliphatic rings. The van der Waals surface area contributed by atoms with Gasteiger partial charge in [-0.2, -0.15) is 0 Å². The molecule has 1 fully saturated rings. The molecule has 2 aromatic rings. The van der Waals surface area contributed by atoms with Gasteiger partial charge >= 0.3 is 0 Å². The SMILES string of the molecule is Fc1cc(C2CCN(CCCc3onc4c3CCCCC4)CC2)ccc1Cl. The minimum atomic E-state index is -0.303. The molecule has 4 rings (SSSR count). The molecular weight excluding hydrogens is 363 g/mol. The second-order valence-corrected chi connectivity index (χ2v) is 8.39. The highest BCUT2D eigenvalue weighted by atomic mass is 35.5. The number of likely N-dealkylation sites (tertiary alicyclic amines) is 1. The van der Waals surface area contributed by atoms with Gasteiger partial charge in [0.25, 0.3) is 0 Å². The predicted molar refractivity (Wildman–Crippen MR) is 106 cm³/mol. The van der Waals surface area contributed by atoms with Gasteiger partial charge in [0.2, 0.25) is 0 Å². The molecule has 27 heavy (non-hydrogen) atoms. The normalized spacial score (nSPS) is 19.0. The van der Waals surface area contributed by atoms with Gasteiger partial charge in [-0.25, -0.2) is 4.39 Å². The van der Waals surface area contributed by atoms with Crippen LogP contribution in [0, 0.1) is 5.82 Å². The van der Waals surface area contributed by atoms with Crippen LogP contribution >= 0.6 is 11.6 Å². The Balaban J connectivity index is 1.24. The summed E-state index contributed by atoms with van der Waals surface area (Å²) in [6.07, 6.45) is 10.3. The van der Waals surface area contributed by atoms with Gasteiger partial charge in [0, 0.05) is 12.0 Å². The van der Waals surface area contributed by atoms with Crippen molar-refractivity contribution < 1.29 is 8.91 Å². The first-order valence-electron chi connectivity index (χ1n) is 10.3. The molecule has 0 atom stereocenters. The Morgan fingerprint density at radius 2 is 1.96 bits per heavy atom. The summed E-state index contributed by atoms with van der Waals surface area (Å²) < 4.78 is 19.3. The fourth-order valence-electron chi connectivity index (χ4n) is 4.55. The first kappa shape index (κ1) is 18.9. The van der Waals surface area contributed by atoms with E-state index in [1.54, 1.807) is 12.1 Å². The third kappa shape index (κ3) is 4.55. The topological polar surface area (TPSA) is 29.3 Å². The Morgan fingerprint density at radius 1 is 1.15 bits per heavy atom. The summed E-state index contributed by atoms with van der Waals surface area (Å²) in [7, 11) is 0. The molecule has 3 nitrogen and oxygen atoms in total. The minimum Gasteiger partial charge on any atom is -0.361 e. The van der Waals surface area contributed by atoms with Crippen LogP contribution in [0.4, 0.5) is 4.39 Å². The molecule has 1 aliphatic carbocycles. The van der Waals surface area contributed by atoms with Crippen molar-refractivity contribution >= 4 is 11.6 Å². The van der Waals surface area contributed by atoms with Crippen LogP contribution in [0.3, 0.4) is 0 Å². The zero-order valence-corrected chi connectivity index (χ0v) is 16.6. The maximum absolute atomic E-state index is 13.7. The number of rotatable bonds is 5. The number of nitrogens with zero attached hydrogens (tertiary/aromatic N) is 2. The summed E-state index contributed by atoms with van der Waals surface area (Å²) in [6, 6.07) is 5.26. The van der Waals surface area contributed by atoms with E-state index in [9.17, 15) is 4.39 Å². The molecule has 0 N–H and O–H groups in total. The maximum atomic E-state index is 13.7. The smallest absolute Gasteiger partial charge is 0.142 e. The van der Waals surface area contributed by atoms with Crippen LogP contribution in [0.1, 0.15) is 67.0 Å². The largest absolute Gasteiger partial charge is 0.361 e. The van der Waals surface area contributed by atoms with E-state index in [1.807, 2.05) is 6.07 Å². The third-order valence-corrected chi connectivity index (χ3v) is 6.48. The summed E-state index contributed by atoms with van der Waals surface area (Å²) in [5.74, 6) is 1.26. The van der Waals surface area contributed by atoms with E-state index in [-0.39, 0.29) is 10.8 Å². The van der Waals surface area contributed by atoms with Crippen molar-refractivity contribution in [1.29, 1.82) is 0 Å². The second kappa shape index (κ2) is 8.74. The molecule has 1 saturated heterocycles. The summed E-state index contributed by atoms with van der Waals surface area (Å²) >= 11 is 5.80. The van der Waals surface area contributed by atoms with Gasteiger partial charge < -0.3 is 9.42 Å². The van der Waals surface area contributed by atoms with Gasteiger partial charge in [0.15, 0.2) is 0 Å². The van der Waals surface area contributed by atoms with Gasteiger partial charge in [-0.15, -0.1) is 0 Å². The highest BCUT2D eigenvalue weighted by molar-refractivity contribution is 6.30. The molecule has 0 unspecified atom stereocenters. The van der Waals surface area contributed by atoms with Gasteiger partial charge in [0.1, 0.15) is 11.6 Å². The van der Waals surface area contributed by atoms with E-state index in [0.29, 0.717) is 5.92 Å². The predicted octanol–water partition coefficient (Wildman–Crippen LogP) is 5.55. The number of aryl methyl sites for hydroxylation is 2. The Bertz CT molecular complexity index is 768. The number of piperidine rings is 1. The lowest BCUT2D eigenvalue weighted by molar-refractivity contribution is 0.208. The molecule has 0 saturated carbocycles. The molecule has 1 aromatic heterocycles. The number of benzene rings is 1. The minimum absolute atomic E-state index is 0.210. The zero-order valence-electron chi connectivity index (χ0n) is 15.9. The number of hydrogen-bond donors (Lipinski definition) is 0.